The van der Waals surface area contributed by atoms with Crippen molar-refractivity contribution in [1.82, 2.24) is 40.8 Å². The number of methoxy groups -OCH3 is 1. The monoisotopic (exact) mass is 788 g/mol. The second-order valence-corrected chi connectivity index (χ2v) is 16.9. The van der Waals surface area contributed by atoms with Crippen molar-refractivity contribution in [3.8, 4) is 23.1 Å². The molecule has 15 heteroatoms. The quantitative estimate of drug-likeness (QED) is 0.121. The highest BCUT2D eigenvalue weighted by atomic mass is 16.5. The highest BCUT2D eigenvalue weighted by Gasteiger charge is 2.66. The summed E-state index contributed by atoms with van der Waals surface area (Å²) in [5.74, 6) is 8.11. The maximum absolute atomic E-state index is 14.0. The zero-order valence-corrected chi connectivity index (χ0v) is 32.7. The number of carbonyl (C=O) groups excluding carboxylic acids is 3. The van der Waals surface area contributed by atoms with E-state index in [9.17, 15) is 24.3 Å². The normalized spacial score (nSPS) is 26.9. The number of carbonyl (C=O) groups is 4. The number of amides is 3. The third-order valence-corrected chi connectivity index (χ3v) is 12.9. The molecule has 2 aliphatic carbocycles. The number of nitrogens with one attached hydrogen (secondary N) is 5. The Morgan fingerprint density at radius 3 is 2.52 bits per heavy atom. The van der Waals surface area contributed by atoms with Crippen LogP contribution in [0.5, 0.6) is 0 Å². The Balaban J connectivity index is 0.858. The number of likely N-dealkylation sites (tertiary alicyclic amines) is 1. The number of ether oxygens (including phenoxy) is 2. The smallest absolute Gasteiger partial charge is 0.407 e. The van der Waals surface area contributed by atoms with Gasteiger partial charge >= 0.3 is 12.2 Å². The van der Waals surface area contributed by atoms with Crippen molar-refractivity contribution in [1.29, 1.82) is 0 Å². The number of alkyl carbamates (subject to hydrolysis) is 1. The van der Waals surface area contributed by atoms with Gasteiger partial charge in [0.05, 0.1) is 48.9 Å². The van der Waals surface area contributed by atoms with Crippen LogP contribution < -0.4 is 16.0 Å². The number of rotatable bonds is 10. The van der Waals surface area contributed by atoms with Crippen molar-refractivity contribution in [2.75, 3.05) is 20.3 Å². The number of carboxylic acid groups (broad SMARTS) is 1. The molecular formula is C43H48N8O7. The van der Waals surface area contributed by atoms with E-state index in [0.717, 1.165) is 59.1 Å². The minimum Gasteiger partial charge on any atom is -0.465 e. The summed E-state index contributed by atoms with van der Waals surface area (Å²) in [6.45, 7) is 4.86. The van der Waals surface area contributed by atoms with Crippen LogP contribution in [-0.4, -0.2) is 97.8 Å². The Hall–Kier alpha value is -5.72. The molecule has 9 rings (SSSR count). The van der Waals surface area contributed by atoms with Crippen LogP contribution in [0.25, 0.3) is 22.0 Å². The zero-order chi connectivity index (χ0) is 40.3. The molecular weight excluding hydrogens is 741 g/mol. The topological polar surface area (TPSA) is 204 Å². The average Bonchev–Trinajstić information content (AvgIpc) is 3.74. The van der Waals surface area contributed by atoms with Gasteiger partial charge in [-0.3, -0.25) is 14.9 Å². The van der Waals surface area contributed by atoms with E-state index >= 15 is 0 Å². The van der Waals surface area contributed by atoms with Gasteiger partial charge in [0.2, 0.25) is 5.91 Å². The maximum Gasteiger partial charge on any atom is 0.407 e. The molecule has 5 aliphatic rings. The SMILES string of the molecule is COC(=O)NC(C(=O)[C@@]12C[C@H]1C[C@@H](c1ncc(C#Cc3ccc4cc(-c5cnc([C@@H]6C[C@H]7C[C@H]7N6C(=O)C(NC(=O)O)C6CCOCC6)[nH]5)ccc4c3)[nH]1)N2)C(C)C. The highest BCUT2D eigenvalue weighted by molar-refractivity contribution is 5.98. The lowest BCUT2D eigenvalue weighted by Gasteiger charge is -2.35. The van der Waals surface area contributed by atoms with Crippen LogP contribution in [0.15, 0.2) is 48.8 Å². The summed E-state index contributed by atoms with van der Waals surface area (Å²) in [7, 11) is 1.29. The fourth-order valence-electron chi connectivity index (χ4n) is 9.60. The lowest BCUT2D eigenvalue weighted by Crippen LogP contribution is -2.53. The predicted octanol–water partition coefficient (Wildman–Crippen LogP) is 4.82. The number of H-pyrrole nitrogens is 2. The number of hydrogen-bond acceptors (Lipinski definition) is 9. The lowest BCUT2D eigenvalue weighted by atomic mass is 9.90. The molecule has 5 fully saturated rings. The molecule has 2 aromatic heterocycles. The van der Waals surface area contributed by atoms with Crippen molar-refractivity contribution in [2.45, 2.75) is 88.1 Å². The summed E-state index contributed by atoms with van der Waals surface area (Å²) < 4.78 is 10.2. The Morgan fingerprint density at radius 2 is 1.74 bits per heavy atom. The molecule has 4 aromatic rings. The molecule has 2 aromatic carbocycles. The molecule has 0 spiro atoms. The van der Waals surface area contributed by atoms with Crippen molar-refractivity contribution < 1.29 is 33.8 Å². The van der Waals surface area contributed by atoms with E-state index in [1.807, 2.05) is 43.0 Å². The number of hydrogen-bond donors (Lipinski definition) is 6. The van der Waals surface area contributed by atoms with Gasteiger partial charge in [-0.25, -0.2) is 19.6 Å². The van der Waals surface area contributed by atoms with E-state index in [-0.39, 0.29) is 47.6 Å². The molecule has 6 N–H and O–H groups in total. The van der Waals surface area contributed by atoms with E-state index in [1.165, 1.54) is 7.11 Å². The van der Waals surface area contributed by atoms with E-state index in [2.05, 4.69) is 54.9 Å². The molecule has 3 aliphatic heterocycles. The molecule has 0 bridgehead atoms. The van der Waals surface area contributed by atoms with Gasteiger partial charge in [-0.15, -0.1) is 0 Å². The summed E-state index contributed by atoms with van der Waals surface area (Å²) in [4.78, 5) is 69.3. The highest BCUT2D eigenvalue weighted by Crippen LogP contribution is 2.56. The van der Waals surface area contributed by atoms with Crippen LogP contribution in [0, 0.1) is 35.5 Å². The number of piperidine rings is 2. The summed E-state index contributed by atoms with van der Waals surface area (Å²) in [6, 6.07) is 10.6. The summed E-state index contributed by atoms with van der Waals surface area (Å²) in [6.07, 6.45) is 6.24. The van der Waals surface area contributed by atoms with Gasteiger partial charge in [0, 0.05) is 30.4 Å². The molecule has 15 nitrogen and oxygen atoms in total. The zero-order valence-electron chi connectivity index (χ0n) is 32.7. The Labute approximate surface area is 335 Å². The Bertz CT molecular complexity index is 2340. The molecule has 58 heavy (non-hydrogen) atoms. The summed E-state index contributed by atoms with van der Waals surface area (Å²) in [5.41, 5.74) is 2.66. The third-order valence-electron chi connectivity index (χ3n) is 12.9. The van der Waals surface area contributed by atoms with Crippen molar-refractivity contribution in [3.05, 3.63) is 71.7 Å². The van der Waals surface area contributed by atoms with Gasteiger partial charge in [0.1, 0.15) is 23.4 Å². The predicted molar refractivity (Wildman–Crippen MR) is 211 cm³/mol. The van der Waals surface area contributed by atoms with E-state index in [4.69, 9.17) is 14.5 Å². The van der Waals surface area contributed by atoms with Crippen LogP contribution in [0.1, 0.15) is 87.4 Å². The number of nitrogens with zero attached hydrogens (tertiary/aromatic N) is 3. The van der Waals surface area contributed by atoms with E-state index < -0.39 is 29.8 Å². The van der Waals surface area contributed by atoms with Crippen LogP contribution in [0.2, 0.25) is 0 Å². The molecule has 5 heterocycles. The molecule has 3 saturated heterocycles. The third kappa shape index (κ3) is 7.08. The second kappa shape index (κ2) is 14.9. The maximum atomic E-state index is 14.0. The van der Waals surface area contributed by atoms with Crippen molar-refractivity contribution >= 4 is 34.6 Å². The van der Waals surface area contributed by atoms with Crippen molar-refractivity contribution in [2.24, 2.45) is 23.7 Å². The number of ketones is 1. The van der Waals surface area contributed by atoms with Gasteiger partial charge in [0.15, 0.2) is 5.78 Å². The summed E-state index contributed by atoms with van der Waals surface area (Å²) in [5, 5.41) is 20.5. The van der Waals surface area contributed by atoms with Gasteiger partial charge < -0.3 is 40.1 Å². The molecule has 2 saturated carbocycles. The number of aromatic nitrogens is 4. The standard InChI is InChI=1S/C43H48N8O7/c1-22(2)35(49-42(56)57-3)37(52)43-19-29(43)18-31(50-43)38-44-20-30(46-38)9-5-23-4-6-26-15-27(8-7-25(26)14-23)32-21-45-39(47-32)34-17-28-16-33(28)51(34)40(53)36(48-41(54)55)24-10-12-58-13-11-24/h4,6-8,14-15,20-22,24,28-29,31,33-36,48,50H,10-13,16-19H2,1-3H3,(H,44,46)(H,45,47)(H,49,56)(H,54,55)/t28-,29-,31+,33-,34+,35?,36?,43-/m1/s1. The fraction of sp³-hybridized carbons (Fsp3) is 0.488. The number of Topliss-reactive ketones (excluding diaryl/α,β-unsaturated/α-hetero) is 1. The lowest BCUT2D eigenvalue weighted by molar-refractivity contribution is -0.138. The molecule has 0 radical (unpaired) electrons. The first kappa shape index (κ1) is 37.8. The number of benzene rings is 2. The van der Waals surface area contributed by atoms with Crippen LogP contribution in [0.4, 0.5) is 9.59 Å². The number of fused-ring (bicyclic) bond motifs is 3. The summed E-state index contributed by atoms with van der Waals surface area (Å²) >= 11 is 0. The number of imidazole rings is 2. The van der Waals surface area contributed by atoms with Gasteiger partial charge in [-0.2, -0.15) is 0 Å². The molecule has 2 unspecified atom stereocenters. The van der Waals surface area contributed by atoms with Crippen LogP contribution >= 0.6 is 0 Å². The van der Waals surface area contributed by atoms with Crippen molar-refractivity contribution in [3.63, 3.8) is 0 Å². The minimum atomic E-state index is -1.19. The molecule has 302 valence electrons. The number of aromatic amines is 2. The van der Waals surface area contributed by atoms with Gasteiger partial charge in [0.25, 0.3) is 0 Å². The Morgan fingerprint density at radius 1 is 0.966 bits per heavy atom. The molecule has 3 amide bonds. The first-order valence-corrected chi connectivity index (χ1v) is 20.2. The fourth-order valence-corrected chi connectivity index (χ4v) is 9.60. The van der Waals surface area contributed by atoms with Crippen LogP contribution in [-0.2, 0) is 19.1 Å². The largest absolute Gasteiger partial charge is 0.465 e. The van der Waals surface area contributed by atoms with Crippen LogP contribution in [0.3, 0.4) is 0 Å². The average molecular weight is 789 g/mol. The Kier molecular flexibility index (Phi) is 9.72. The molecule has 8 atom stereocenters. The second-order valence-electron chi connectivity index (χ2n) is 16.9. The van der Waals surface area contributed by atoms with Gasteiger partial charge in [-0.1, -0.05) is 38.0 Å². The first-order chi connectivity index (χ1) is 28.0. The minimum absolute atomic E-state index is 0.0157. The van der Waals surface area contributed by atoms with Gasteiger partial charge in [-0.05, 0) is 97.1 Å². The first-order valence-electron chi connectivity index (χ1n) is 20.2. The van der Waals surface area contributed by atoms with E-state index in [0.29, 0.717) is 43.5 Å². The van der Waals surface area contributed by atoms with E-state index in [1.54, 1.807) is 12.4 Å².